The van der Waals surface area contributed by atoms with Gasteiger partial charge in [0.1, 0.15) is 0 Å². The quantitative estimate of drug-likeness (QED) is 0.451. The van der Waals surface area contributed by atoms with Crippen LogP contribution in [0, 0.1) is 0 Å². The molecule has 0 aromatic rings. The van der Waals surface area contributed by atoms with Crippen molar-refractivity contribution >= 4 is 5.97 Å². The van der Waals surface area contributed by atoms with Gasteiger partial charge in [-0.2, -0.15) is 0 Å². The Balaban J connectivity index is 0. The molecule has 0 radical (unpaired) electrons. The van der Waals surface area contributed by atoms with Gasteiger partial charge < -0.3 is 4.74 Å². The predicted molar refractivity (Wildman–Crippen MR) is 22.3 cm³/mol. The van der Waals surface area contributed by atoms with Crippen molar-refractivity contribution in [2.75, 3.05) is 6.61 Å². The fourth-order valence-corrected chi connectivity index (χ4v) is 0.203. The third kappa shape index (κ3) is 10.7. The van der Waals surface area contributed by atoms with Crippen LogP contribution >= 0.6 is 0 Å². The summed E-state index contributed by atoms with van der Waals surface area (Å²) in [5.41, 5.74) is 0. The van der Waals surface area contributed by atoms with E-state index in [1.54, 1.807) is 6.92 Å². The van der Waals surface area contributed by atoms with Crippen molar-refractivity contribution in [1.29, 1.82) is 0 Å². The van der Waals surface area contributed by atoms with Crippen LogP contribution < -0.4 is 0 Å². The zero-order chi connectivity index (χ0) is 4.99. The molecule has 0 fully saturated rings. The Morgan fingerprint density at radius 2 is 2.14 bits per heavy atom. The number of carbonyl (C=O) groups excluding carboxylic acids is 1. The van der Waals surface area contributed by atoms with Gasteiger partial charge in [-0.05, 0) is 6.92 Å². The van der Waals surface area contributed by atoms with Gasteiger partial charge in [0.15, 0.2) is 0 Å². The average Bonchev–Trinajstić information content (AvgIpc) is 1.35. The third-order valence-electron chi connectivity index (χ3n) is 0.348. The van der Waals surface area contributed by atoms with Gasteiger partial charge in [-0.1, -0.05) is 0 Å². The third-order valence-corrected chi connectivity index (χ3v) is 0.348. The van der Waals surface area contributed by atoms with E-state index < -0.39 is 0 Å². The van der Waals surface area contributed by atoms with Gasteiger partial charge in [0, 0.05) is 27.3 Å². The second kappa shape index (κ2) is 6.13. The van der Waals surface area contributed by atoms with Gasteiger partial charge >= 0.3 is 5.97 Å². The molecule has 7 heavy (non-hydrogen) atoms. The molecule has 0 aliphatic heterocycles. The van der Waals surface area contributed by atoms with Crippen LogP contribution in [0.4, 0.5) is 0 Å². The predicted octanol–water partition coefficient (Wildman–Crippen LogP) is 0.567. The van der Waals surface area contributed by atoms with Crippen molar-refractivity contribution in [2.24, 2.45) is 0 Å². The first-order valence-corrected chi connectivity index (χ1v) is 1.90. The number of hydrogen-bond acceptors (Lipinski definition) is 2. The van der Waals surface area contributed by atoms with Crippen LogP contribution in [-0.2, 0) is 30.0 Å². The Morgan fingerprint density at radius 3 is 2.14 bits per heavy atom. The van der Waals surface area contributed by atoms with Crippen LogP contribution in [0.2, 0.25) is 0 Å². The van der Waals surface area contributed by atoms with Gasteiger partial charge in [-0.15, -0.1) is 0 Å². The molecule has 0 unspecified atom stereocenters. The molecule has 0 aromatic heterocycles. The molecule has 2 nitrogen and oxygen atoms in total. The minimum Gasteiger partial charge on any atom is -0.466 e. The summed E-state index contributed by atoms with van der Waals surface area (Å²) in [5, 5.41) is 0. The maximum absolute atomic E-state index is 9.82. The molecule has 0 N–H and O–H groups in total. The zero-order valence-electron chi connectivity index (χ0n) is 4.34. The van der Waals surface area contributed by atoms with Crippen molar-refractivity contribution in [2.45, 2.75) is 13.8 Å². The molecule has 0 rings (SSSR count). The molecule has 46 valence electrons. The zero-order valence-corrected chi connectivity index (χ0v) is 5.89. The summed E-state index contributed by atoms with van der Waals surface area (Å²) >= 11 is 0. The summed E-state index contributed by atoms with van der Waals surface area (Å²) in [6.07, 6.45) is 0. The Bertz CT molecular complexity index is 53.7. The maximum atomic E-state index is 9.82. The molecule has 0 amide bonds. The van der Waals surface area contributed by atoms with Crippen molar-refractivity contribution < 1.29 is 30.0 Å². The van der Waals surface area contributed by atoms with E-state index in [1.165, 1.54) is 6.92 Å². The molecule has 0 bridgehead atoms. The second-order valence-electron chi connectivity index (χ2n) is 0.925. The van der Waals surface area contributed by atoms with Crippen LogP contribution in [0.25, 0.3) is 0 Å². The molecule has 0 atom stereocenters. The number of esters is 1. The van der Waals surface area contributed by atoms with Gasteiger partial charge in [0.05, 0.1) is 6.61 Å². The molecule has 0 saturated heterocycles. The minimum atomic E-state index is -0.211. The van der Waals surface area contributed by atoms with Crippen molar-refractivity contribution in [1.82, 2.24) is 0 Å². The minimum absolute atomic E-state index is 0. The van der Waals surface area contributed by atoms with E-state index in [2.05, 4.69) is 4.74 Å². The van der Waals surface area contributed by atoms with E-state index in [1.807, 2.05) is 0 Å². The van der Waals surface area contributed by atoms with E-state index in [-0.39, 0.29) is 26.4 Å². The Labute approximate surface area is 56.9 Å². The number of ether oxygens (including phenoxy) is 1. The molecule has 0 aliphatic rings. The fourth-order valence-electron chi connectivity index (χ4n) is 0.203. The largest absolute Gasteiger partial charge is 0.466 e. The molecule has 0 heterocycles. The summed E-state index contributed by atoms with van der Waals surface area (Å²) in [6.45, 7) is 3.65. The van der Waals surface area contributed by atoms with Gasteiger partial charge in [-0.3, -0.25) is 4.79 Å². The summed E-state index contributed by atoms with van der Waals surface area (Å²) in [4.78, 5) is 9.82. The van der Waals surface area contributed by atoms with Gasteiger partial charge in [-0.25, -0.2) is 0 Å². The molecule has 3 heteroatoms. The van der Waals surface area contributed by atoms with Crippen molar-refractivity contribution in [3.63, 3.8) is 0 Å². The van der Waals surface area contributed by atoms with Crippen LogP contribution in [0.15, 0.2) is 0 Å². The van der Waals surface area contributed by atoms with Crippen LogP contribution in [-0.4, -0.2) is 12.6 Å². The number of hydrogen-bond donors (Lipinski definition) is 0. The van der Waals surface area contributed by atoms with Gasteiger partial charge in [0.2, 0.25) is 0 Å². The first-order chi connectivity index (χ1) is 2.77. The van der Waals surface area contributed by atoms with Crippen molar-refractivity contribution in [3.8, 4) is 0 Å². The van der Waals surface area contributed by atoms with E-state index >= 15 is 0 Å². The van der Waals surface area contributed by atoms with Crippen molar-refractivity contribution in [3.05, 3.63) is 0 Å². The van der Waals surface area contributed by atoms with Crippen LogP contribution in [0.3, 0.4) is 0 Å². The average molecular weight is 195 g/mol. The molecular weight excluding hydrogens is 186 g/mol. The van der Waals surface area contributed by atoms with E-state index in [0.29, 0.717) is 6.61 Å². The van der Waals surface area contributed by atoms with E-state index in [4.69, 9.17) is 0 Å². The summed E-state index contributed by atoms with van der Waals surface area (Å²) in [6, 6.07) is 0. The molecule has 0 saturated carbocycles. The molecular formula is C4H8O2Pd. The summed E-state index contributed by atoms with van der Waals surface area (Å²) in [5.74, 6) is -0.211. The second-order valence-corrected chi connectivity index (χ2v) is 0.925. The summed E-state index contributed by atoms with van der Waals surface area (Å²) in [7, 11) is 0. The van der Waals surface area contributed by atoms with E-state index in [0.717, 1.165) is 0 Å². The first kappa shape index (κ1) is 10.2. The van der Waals surface area contributed by atoms with Crippen LogP contribution in [0.5, 0.6) is 0 Å². The Kier molecular flexibility index (Phi) is 8.92. The standard InChI is InChI=1S/C4H8O2.Pd/c1-3-6-4(2)5;/h3H2,1-2H3;. The number of carbonyl (C=O) groups is 1. The molecule has 0 aliphatic carbocycles. The van der Waals surface area contributed by atoms with Crippen LogP contribution in [0.1, 0.15) is 13.8 Å². The van der Waals surface area contributed by atoms with Gasteiger partial charge in [0.25, 0.3) is 0 Å². The smallest absolute Gasteiger partial charge is 0.302 e. The summed E-state index contributed by atoms with van der Waals surface area (Å²) < 4.78 is 4.40. The molecule has 0 aromatic carbocycles. The first-order valence-electron chi connectivity index (χ1n) is 1.90. The van der Waals surface area contributed by atoms with E-state index in [9.17, 15) is 4.79 Å². The Hall–Kier alpha value is 0.132. The molecule has 0 spiro atoms. The maximum Gasteiger partial charge on any atom is 0.302 e. The SMILES string of the molecule is CCOC(C)=O.[Pd]. The normalized spacial score (nSPS) is 6.57. The number of rotatable bonds is 1. The Morgan fingerprint density at radius 1 is 1.71 bits per heavy atom. The fraction of sp³-hybridized carbons (Fsp3) is 0.750. The monoisotopic (exact) mass is 194 g/mol. The topological polar surface area (TPSA) is 26.3 Å².